The Hall–Kier alpha value is -2.72. The molecule has 2 aromatic rings. The molecule has 172 valence electrons. The van der Waals surface area contributed by atoms with Crippen LogP contribution in [0.3, 0.4) is 0 Å². The fourth-order valence-electron chi connectivity index (χ4n) is 3.73. The lowest BCUT2D eigenvalue weighted by Gasteiger charge is -2.30. The number of amides is 1. The molecule has 9 nitrogen and oxygen atoms in total. The number of hydrogen-bond donors (Lipinski definition) is 1. The second-order valence-corrected chi connectivity index (χ2v) is 10.3. The van der Waals surface area contributed by atoms with Gasteiger partial charge in [-0.2, -0.15) is 4.31 Å². The van der Waals surface area contributed by atoms with Crippen molar-refractivity contribution in [1.82, 2.24) is 19.2 Å². The lowest BCUT2D eigenvalue weighted by atomic mass is 9.98. The highest BCUT2D eigenvalue weighted by atomic mass is 32.2. The quantitative estimate of drug-likeness (QED) is 0.630. The number of ether oxygens (including phenoxy) is 1. The first-order valence-corrected chi connectivity index (χ1v) is 12.3. The van der Waals surface area contributed by atoms with Crippen molar-refractivity contribution in [2.75, 3.05) is 13.1 Å². The maximum absolute atomic E-state index is 12.9. The van der Waals surface area contributed by atoms with Gasteiger partial charge in [0.2, 0.25) is 6.10 Å². The minimum Gasteiger partial charge on any atom is -0.447 e. The highest BCUT2D eigenvalue weighted by molar-refractivity contribution is 7.89. The second-order valence-electron chi connectivity index (χ2n) is 8.43. The zero-order chi connectivity index (χ0) is 22.9. The first kappa shape index (κ1) is 22.5. The van der Waals surface area contributed by atoms with Gasteiger partial charge in [0.1, 0.15) is 5.82 Å². The van der Waals surface area contributed by atoms with Crippen LogP contribution in [0.2, 0.25) is 0 Å². The van der Waals surface area contributed by atoms with Crippen LogP contribution in [-0.2, 0) is 31.4 Å². The van der Waals surface area contributed by atoms with Crippen LogP contribution in [0.4, 0.5) is 0 Å². The molecule has 2 heterocycles. The number of aromatic nitrogens is 2. The molecule has 1 aromatic carbocycles. The first-order valence-electron chi connectivity index (χ1n) is 10.8. The zero-order valence-corrected chi connectivity index (χ0v) is 19.0. The van der Waals surface area contributed by atoms with Crippen molar-refractivity contribution in [3.8, 4) is 0 Å². The predicted molar refractivity (Wildman–Crippen MR) is 116 cm³/mol. The van der Waals surface area contributed by atoms with Crippen LogP contribution in [-0.4, -0.2) is 53.3 Å². The van der Waals surface area contributed by atoms with Crippen molar-refractivity contribution < 1.29 is 22.7 Å². The second kappa shape index (κ2) is 9.03. The molecular formula is C22H28N4O5S. The van der Waals surface area contributed by atoms with Gasteiger partial charge in [0, 0.05) is 37.9 Å². The van der Waals surface area contributed by atoms with Gasteiger partial charge in [-0.1, -0.05) is 30.3 Å². The van der Waals surface area contributed by atoms with Gasteiger partial charge in [-0.25, -0.2) is 13.4 Å². The van der Waals surface area contributed by atoms with Crippen LogP contribution in [0.1, 0.15) is 43.2 Å². The van der Waals surface area contributed by atoms with Gasteiger partial charge < -0.3 is 14.6 Å². The Kier molecular flexibility index (Phi) is 6.34. The Morgan fingerprint density at radius 1 is 1.12 bits per heavy atom. The number of piperidine rings is 1. The average Bonchev–Trinajstić information content (AvgIpc) is 3.54. The van der Waals surface area contributed by atoms with Crippen molar-refractivity contribution in [1.29, 1.82) is 0 Å². The lowest BCUT2D eigenvalue weighted by Crippen LogP contribution is -2.41. The predicted octanol–water partition coefficient (Wildman–Crippen LogP) is 1.69. The number of imidazole rings is 1. The van der Waals surface area contributed by atoms with Crippen LogP contribution in [0.15, 0.2) is 41.6 Å². The Labute approximate surface area is 187 Å². The maximum atomic E-state index is 12.9. The summed E-state index contributed by atoms with van der Waals surface area (Å²) >= 11 is 0. The van der Waals surface area contributed by atoms with E-state index in [1.165, 1.54) is 10.5 Å². The molecule has 2 aliphatic rings. The fourth-order valence-corrected chi connectivity index (χ4v) is 5.23. The van der Waals surface area contributed by atoms with Crippen molar-refractivity contribution in [2.45, 2.75) is 49.8 Å². The Morgan fingerprint density at radius 2 is 1.78 bits per heavy atom. The Balaban J connectivity index is 1.40. The summed E-state index contributed by atoms with van der Waals surface area (Å²) in [5, 5.41) is 2.91. The monoisotopic (exact) mass is 460 g/mol. The number of carbonyl (C=O) groups is 2. The molecule has 0 spiro atoms. The number of benzene rings is 1. The Morgan fingerprint density at radius 3 is 2.34 bits per heavy atom. The van der Waals surface area contributed by atoms with Gasteiger partial charge in [-0.05, 0) is 32.6 Å². The number of nitrogens with zero attached hydrogens (tertiary/aromatic N) is 3. The standard InChI is InChI=1S/C22H28N4O5S/c1-15-23-19(14-25(15)2)32(29,30)26-12-10-17(11-13-26)22(28)31-20(16-6-4-3-5-7-16)21(27)24-18-8-9-18/h3-7,14,17-18,20H,8-13H2,1-2H3,(H,24,27). The third kappa shape index (κ3) is 4.86. The van der Waals surface area contributed by atoms with Gasteiger partial charge in [0.05, 0.1) is 5.92 Å². The summed E-state index contributed by atoms with van der Waals surface area (Å²) in [5.74, 6) is -0.654. The van der Waals surface area contributed by atoms with Gasteiger partial charge in [-0.15, -0.1) is 0 Å². The van der Waals surface area contributed by atoms with Crippen LogP contribution < -0.4 is 5.32 Å². The fraction of sp³-hybridized carbons (Fsp3) is 0.500. The van der Waals surface area contributed by atoms with Gasteiger partial charge in [-0.3, -0.25) is 9.59 Å². The largest absolute Gasteiger partial charge is 0.447 e. The highest BCUT2D eigenvalue weighted by Crippen LogP contribution is 2.28. The molecule has 0 bridgehead atoms. The molecule has 1 N–H and O–H groups in total. The van der Waals surface area contributed by atoms with Crippen LogP contribution in [0.25, 0.3) is 0 Å². The molecule has 2 fully saturated rings. The van der Waals surface area contributed by atoms with E-state index >= 15 is 0 Å². The zero-order valence-electron chi connectivity index (χ0n) is 18.2. The molecule has 1 saturated carbocycles. The van der Waals surface area contributed by atoms with E-state index < -0.39 is 28.0 Å². The van der Waals surface area contributed by atoms with E-state index in [2.05, 4.69) is 10.3 Å². The molecule has 4 rings (SSSR count). The minimum atomic E-state index is -3.71. The third-order valence-corrected chi connectivity index (χ3v) is 7.75. The SMILES string of the molecule is Cc1nc(S(=O)(=O)N2CCC(C(=O)OC(C(=O)NC3CC3)c3ccccc3)CC2)cn1C. The van der Waals surface area contributed by atoms with E-state index in [0.29, 0.717) is 24.2 Å². The van der Waals surface area contributed by atoms with Gasteiger partial charge >= 0.3 is 5.97 Å². The third-order valence-electron chi connectivity index (χ3n) is 5.98. The van der Waals surface area contributed by atoms with Gasteiger partial charge in [0.25, 0.3) is 15.9 Å². The lowest BCUT2D eigenvalue weighted by molar-refractivity contribution is -0.161. The van der Waals surface area contributed by atoms with E-state index in [0.717, 1.165) is 12.8 Å². The number of hydrogen-bond acceptors (Lipinski definition) is 6. The molecule has 1 saturated heterocycles. The van der Waals surface area contributed by atoms with E-state index in [1.54, 1.807) is 42.8 Å². The molecule has 1 aromatic heterocycles. The summed E-state index contributed by atoms with van der Waals surface area (Å²) in [4.78, 5) is 29.7. The minimum absolute atomic E-state index is 0.0133. The molecule has 1 unspecified atom stereocenters. The summed E-state index contributed by atoms with van der Waals surface area (Å²) in [6.45, 7) is 2.13. The molecule has 1 aliphatic heterocycles. The summed E-state index contributed by atoms with van der Waals surface area (Å²) in [6.07, 6.45) is 3.01. The molecule has 32 heavy (non-hydrogen) atoms. The van der Waals surface area contributed by atoms with E-state index in [9.17, 15) is 18.0 Å². The summed E-state index contributed by atoms with van der Waals surface area (Å²) < 4.78 is 34.4. The van der Waals surface area contributed by atoms with Crippen molar-refractivity contribution in [3.63, 3.8) is 0 Å². The summed E-state index contributed by atoms with van der Waals surface area (Å²) in [6, 6.07) is 9.09. The van der Waals surface area contributed by atoms with E-state index in [1.807, 2.05) is 6.07 Å². The molecule has 1 aliphatic carbocycles. The molecule has 0 radical (unpaired) electrons. The highest BCUT2D eigenvalue weighted by Gasteiger charge is 2.37. The summed E-state index contributed by atoms with van der Waals surface area (Å²) in [7, 11) is -1.97. The number of carbonyl (C=O) groups excluding carboxylic acids is 2. The van der Waals surface area contributed by atoms with Crippen LogP contribution >= 0.6 is 0 Å². The van der Waals surface area contributed by atoms with Crippen molar-refractivity contribution >= 4 is 21.9 Å². The number of aryl methyl sites for hydroxylation is 2. The molecule has 1 amide bonds. The number of rotatable bonds is 7. The topological polar surface area (TPSA) is 111 Å². The Bertz CT molecular complexity index is 1070. The maximum Gasteiger partial charge on any atom is 0.310 e. The summed E-state index contributed by atoms with van der Waals surface area (Å²) in [5.41, 5.74) is 0.615. The smallest absolute Gasteiger partial charge is 0.310 e. The van der Waals surface area contributed by atoms with E-state index in [4.69, 9.17) is 4.74 Å². The average molecular weight is 461 g/mol. The first-order chi connectivity index (χ1) is 15.3. The van der Waals surface area contributed by atoms with Crippen molar-refractivity contribution in [3.05, 3.63) is 47.9 Å². The van der Waals surface area contributed by atoms with E-state index in [-0.39, 0.29) is 30.1 Å². The molecule has 10 heteroatoms. The number of sulfonamides is 1. The molecule has 1 atom stereocenters. The van der Waals surface area contributed by atoms with Crippen LogP contribution in [0, 0.1) is 12.8 Å². The molecular weight excluding hydrogens is 432 g/mol. The van der Waals surface area contributed by atoms with Gasteiger partial charge in [0.15, 0.2) is 5.03 Å². The number of esters is 1. The normalized spacial score (nSPS) is 18.8. The number of nitrogens with one attached hydrogen (secondary N) is 1. The van der Waals surface area contributed by atoms with Crippen molar-refractivity contribution in [2.24, 2.45) is 13.0 Å². The van der Waals surface area contributed by atoms with Crippen LogP contribution in [0.5, 0.6) is 0 Å².